The van der Waals surface area contributed by atoms with Crippen molar-refractivity contribution in [3.63, 3.8) is 0 Å². The van der Waals surface area contributed by atoms with Crippen LogP contribution in [0.4, 0.5) is 5.69 Å². The molecular weight excluding hydrogens is 419 g/mol. The molecule has 1 atom stereocenters. The van der Waals surface area contributed by atoms with E-state index in [0.29, 0.717) is 23.8 Å². The van der Waals surface area contributed by atoms with Crippen molar-refractivity contribution in [2.75, 3.05) is 31.6 Å². The third-order valence-electron chi connectivity index (χ3n) is 6.83. The Bertz CT molecular complexity index is 1020. The molecule has 1 heterocycles. The predicted molar refractivity (Wildman–Crippen MR) is 132 cm³/mol. The molecule has 1 saturated heterocycles. The Morgan fingerprint density at radius 1 is 1.19 bits per heavy atom. The van der Waals surface area contributed by atoms with Gasteiger partial charge in [-0.15, -0.1) is 9.24 Å². The largest absolute Gasteiger partial charge is 0.493 e. The van der Waals surface area contributed by atoms with Crippen molar-refractivity contribution in [3.8, 4) is 5.75 Å². The number of carbonyl (C=O) groups excluding carboxylic acids is 2. The molecule has 1 spiro atoms. The maximum atomic E-state index is 13.1. The van der Waals surface area contributed by atoms with Crippen LogP contribution in [-0.2, 0) is 4.79 Å². The number of likely N-dealkylation sites (tertiary alicyclic amines) is 1. The van der Waals surface area contributed by atoms with Crippen molar-refractivity contribution in [1.82, 2.24) is 4.90 Å². The highest BCUT2D eigenvalue weighted by molar-refractivity contribution is 7.27. The van der Waals surface area contributed by atoms with E-state index < -0.39 is 0 Å². The lowest BCUT2D eigenvalue weighted by molar-refractivity contribution is -0.137. The predicted octanol–water partition coefficient (Wildman–Crippen LogP) is 4.22. The number of para-hydroxylation sites is 1. The average molecular weight is 453 g/mol. The van der Waals surface area contributed by atoms with Gasteiger partial charge in [0.15, 0.2) is 0 Å². The number of hydrogen-bond donors (Lipinski definition) is 0. The van der Waals surface area contributed by atoms with Crippen LogP contribution >= 0.6 is 9.24 Å². The van der Waals surface area contributed by atoms with E-state index >= 15 is 0 Å². The van der Waals surface area contributed by atoms with Crippen LogP contribution in [0, 0.1) is 11.3 Å². The maximum Gasteiger partial charge on any atom is 0.257 e. The van der Waals surface area contributed by atoms with Crippen LogP contribution in [0.1, 0.15) is 55.5 Å². The number of benzene rings is 2. The Morgan fingerprint density at radius 2 is 1.88 bits per heavy atom. The van der Waals surface area contributed by atoms with E-state index in [1.54, 1.807) is 0 Å². The molecule has 2 fully saturated rings. The summed E-state index contributed by atoms with van der Waals surface area (Å²) in [6, 6.07) is 13.8. The first-order valence-electron chi connectivity index (χ1n) is 11.4. The topological polar surface area (TPSA) is 49.9 Å². The molecule has 1 aliphatic carbocycles. The Balaban J connectivity index is 1.36. The monoisotopic (exact) mass is 452 g/mol. The highest BCUT2D eigenvalue weighted by Crippen LogP contribution is 2.53. The second kappa shape index (κ2) is 8.86. The molecule has 0 aromatic heterocycles. The van der Waals surface area contributed by atoms with Gasteiger partial charge in [-0.1, -0.05) is 38.1 Å². The van der Waals surface area contributed by atoms with Gasteiger partial charge in [-0.25, -0.2) is 0 Å². The van der Waals surface area contributed by atoms with Crippen LogP contribution in [-0.4, -0.2) is 43.5 Å². The fourth-order valence-corrected chi connectivity index (χ4v) is 5.41. The molecule has 2 aliphatic rings. The first kappa shape index (κ1) is 22.8. The van der Waals surface area contributed by atoms with E-state index in [-0.39, 0.29) is 23.1 Å². The summed E-state index contributed by atoms with van der Waals surface area (Å²) in [6.07, 6.45) is 1.71. The van der Waals surface area contributed by atoms with Crippen LogP contribution in [0.25, 0.3) is 0 Å². The van der Waals surface area contributed by atoms with Gasteiger partial charge in [-0.3, -0.25) is 9.59 Å². The van der Waals surface area contributed by atoms with Gasteiger partial charge in [-0.05, 0) is 54.8 Å². The molecule has 5 nitrogen and oxygen atoms in total. The Labute approximate surface area is 193 Å². The normalized spacial score (nSPS) is 17.1. The van der Waals surface area contributed by atoms with E-state index in [1.807, 2.05) is 60.2 Å². The van der Waals surface area contributed by atoms with Gasteiger partial charge in [0.2, 0.25) is 5.91 Å². The second-order valence-electron chi connectivity index (χ2n) is 9.57. The number of hydrogen-bond acceptors (Lipinski definition) is 3. The van der Waals surface area contributed by atoms with Crippen molar-refractivity contribution < 1.29 is 14.3 Å². The SMILES string of the molecule is CCOc1cc(P)ccc1C(=O)N1CC2(CC(C(=O)N(C)c3ccccc3C(C)C)C2)C1. The molecule has 32 heavy (non-hydrogen) atoms. The highest BCUT2D eigenvalue weighted by atomic mass is 31.0. The summed E-state index contributed by atoms with van der Waals surface area (Å²) in [7, 11) is 4.52. The molecule has 1 saturated carbocycles. The standard InChI is InChI=1S/C26H33N2O3P/c1-5-31-23-12-19(32)10-11-21(23)25(30)28-15-26(16-28)13-18(14-26)24(29)27(4)22-9-7-6-8-20(22)17(2)3/h6-12,17-18H,5,13-16,32H2,1-4H3. The summed E-state index contributed by atoms with van der Waals surface area (Å²) in [5, 5.41) is 0.994. The van der Waals surface area contributed by atoms with E-state index in [2.05, 4.69) is 29.2 Å². The van der Waals surface area contributed by atoms with Gasteiger partial charge >= 0.3 is 0 Å². The Morgan fingerprint density at radius 3 is 2.53 bits per heavy atom. The minimum absolute atomic E-state index is 0.0156. The summed E-state index contributed by atoms with van der Waals surface area (Å²) in [5.41, 5.74) is 2.91. The fourth-order valence-electron chi connectivity index (χ4n) is 5.16. The van der Waals surface area contributed by atoms with E-state index in [9.17, 15) is 9.59 Å². The molecular formula is C26H33N2O3P. The molecule has 2 aromatic carbocycles. The number of amides is 2. The zero-order valence-corrected chi connectivity index (χ0v) is 20.6. The lowest BCUT2D eigenvalue weighted by Crippen LogP contribution is -2.65. The van der Waals surface area contributed by atoms with Gasteiger partial charge in [0.05, 0.1) is 12.2 Å². The van der Waals surface area contributed by atoms with Crippen molar-refractivity contribution in [1.29, 1.82) is 0 Å². The number of carbonyl (C=O) groups is 2. The third-order valence-corrected chi connectivity index (χ3v) is 7.19. The summed E-state index contributed by atoms with van der Waals surface area (Å²) < 4.78 is 5.68. The van der Waals surface area contributed by atoms with E-state index in [1.165, 1.54) is 5.56 Å². The summed E-state index contributed by atoms with van der Waals surface area (Å²) in [4.78, 5) is 29.9. The number of ether oxygens (including phenoxy) is 1. The lowest BCUT2D eigenvalue weighted by atomic mass is 9.57. The zero-order chi connectivity index (χ0) is 23.0. The minimum Gasteiger partial charge on any atom is -0.493 e. The average Bonchev–Trinajstić information content (AvgIpc) is 2.71. The van der Waals surface area contributed by atoms with Crippen LogP contribution in [0.15, 0.2) is 42.5 Å². The highest BCUT2D eigenvalue weighted by Gasteiger charge is 2.56. The third kappa shape index (κ3) is 4.15. The molecule has 2 aromatic rings. The van der Waals surface area contributed by atoms with Gasteiger partial charge in [-0.2, -0.15) is 0 Å². The van der Waals surface area contributed by atoms with Crippen LogP contribution in [0.5, 0.6) is 5.75 Å². The van der Waals surface area contributed by atoms with Gasteiger partial charge in [0.25, 0.3) is 5.91 Å². The van der Waals surface area contributed by atoms with E-state index in [4.69, 9.17) is 4.74 Å². The minimum atomic E-state index is 0.0156. The molecule has 2 amide bonds. The molecule has 0 bridgehead atoms. The molecule has 170 valence electrons. The molecule has 0 radical (unpaired) electrons. The van der Waals surface area contributed by atoms with Gasteiger partial charge < -0.3 is 14.5 Å². The quantitative estimate of drug-likeness (QED) is 0.617. The summed E-state index contributed by atoms with van der Waals surface area (Å²) in [5.74, 6) is 1.23. The Kier molecular flexibility index (Phi) is 6.31. The molecule has 1 aliphatic heterocycles. The van der Waals surface area contributed by atoms with Crippen LogP contribution < -0.4 is 14.9 Å². The van der Waals surface area contributed by atoms with Crippen molar-refractivity contribution in [2.24, 2.45) is 11.3 Å². The number of rotatable bonds is 6. The number of nitrogens with zero attached hydrogens (tertiary/aromatic N) is 2. The smallest absolute Gasteiger partial charge is 0.257 e. The van der Waals surface area contributed by atoms with Crippen LogP contribution in [0.3, 0.4) is 0 Å². The molecule has 1 unspecified atom stereocenters. The lowest BCUT2D eigenvalue weighted by Gasteiger charge is -2.58. The molecule has 0 N–H and O–H groups in total. The first-order valence-corrected chi connectivity index (χ1v) is 12.0. The van der Waals surface area contributed by atoms with Crippen molar-refractivity contribution in [3.05, 3.63) is 53.6 Å². The van der Waals surface area contributed by atoms with Crippen molar-refractivity contribution in [2.45, 2.75) is 39.5 Å². The fraction of sp³-hybridized carbons (Fsp3) is 0.462. The molecule has 6 heteroatoms. The summed E-state index contributed by atoms with van der Waals surface area (Å²) in [6.45, 7) is 8.19. The summed E-state index contributed by atoms with van der Waals surface area (Å²) >= 11 is 0. The van der Waals surface area contributed by atoms with Crippen molar-refractivity contribution >= 4 is 32.0 Å². The molecule has 4 rings (SSSR count). The van der Waals surface area contributed by atoms with Gasteiger partial charge in [0, 0.05) is 37.2 Å². The Hall–Kier alpha value is -2.39. The number of anilines is 1. The first-order chi connectivity index (χ1) is 15.2. The zero-order valence-electron chi connectivity index (χ0n) is 19.4. The van der Waals surface area contributed by atoms with Gasteiger partial charge in [0.1, 0.15) is 5.75 Å². The maximum absolute atomic E-state index is 13.1. The van der Waals surface area contributed by atoms with E-state index in [0.717, 1.165) is 36.9 Å². The second-order valence-corrected chi connectivity index (χ2v) is 10.2. The van der Waals surface area contributed by atoms with Crippen LogP contribution in [0.2, 0.25) is 0 Å².